The second-order valence-corrected chi connectivity index (χ2v) is 6.76. The average Bonchev–Trinajstić information content (AvgIpc) is 3.11. The standard InChI is InChI=1S/C16H19ClN2S/c17-14-3-5-15(6-4-14)19-8-7-13(12-19)10-18-11-16-2-1-9-20-16/h1-6,9,13,18H,7-8,10-12H2. The van der Waals surface area contributed by atoms with Crippen LogP contribution in [0.5, 0.6) is 0 Å². The molecule has 1 aliphatic rings. The summed E-state index contributed by atoms with van der Waals surface area (Å²) >= 11 is 7.76. The summed E-state index contributed by atoms with van der Waals surface area (Å²) in [6.45, 7) is 4.38. The SMILES string of the molecule is Clc1ccc(N2CCC(CNCc3cccs3)C2)cc1. The van der Waals surface area contributed by atoms with Gasteiger partial charge in [-0.25, -0.2) is 0 Å². The lowest BCUT2D eigenvalue weighted by Crippen LogP contribution is -2.25. The predicted octanol–water partition coefficient (Wildman–Crippen LogP) is 4.02. The molecule has 1 saturated heterocycles. The highest BCUT2D eigenvalue weighted by atomic mass is 35.5. The number of rotatable bonds is 5. The van der Waals surface area contributed by atoms with E-state index in [0.29, 0.717) is 0 Å². The summed E-state index contributed by atoms with van der Waals surface area (Å²) < 4.78 is 0. The minimum Gasteiger partial charge on any atom is -0.371 e. The van der Waals surface area contributed by atoms with Gasteiger partial charge in [0.25, 0.3) is 0 Å². The third kappa shape index (κ3) is 3.54. The maximum atomic E-state index is 5.94. The van der Waals surface area contributed by atoms with E-state index in [-0.39, 0.29) is 0 Å². The maximum Gasteiger partial charge on any atom is 0.0407 e. The topological polar surface area (TPSA) is 15.3 Å². The first kappa shape index (κ1) is 13.9. The largest absolute Gasteiger partial charge is 0.371 e. The molecule has 0 spiro atoms. The third-order valence-corrected chi connectivity index (χ3v) is 4.92. The van der Waals surface area contributed by atoms with E-state index in [1.54, 1.807) is 0 Å². The molecular formula is C16H19ClN2S. The van der Waals surface area contributed by atoms with Crippen LogP contribution in [0.15, 0.2) is 41.8 Å². The zero-order valence-electron chi connectivity index (χ0n) is 11.4. The molecule has 1 aromatic carbocycles. The Hall–Kier alpha value is -1.03. The van der Waals surface area contributed by atoms with Gasteiger partial charge in [-0.2, -0.15) is 0 Å². The normalized spacial score (nSPS) is 18.6. The Morgan fingerprint density at radius 1 is 1.25 bits per heavy atom. The summed E-state index contributed by atoms with van der Waals surface area (Å²) in [5, 5.41) is 6.51. The third-order valence-electron chi connectivity index (χ3n) is 3.79. The van der Waals surface area contributed by atoms with E-state index in [1.165, 1.54) is 17.0 Å². The van der Waals surface area contributed by atoms with E-state index in [0.717, 1.165) is 37.1 Å². The van der Waals surface area contributed by atoms with Gasteiger partial charge >= 0.3 is 0 Å². The van der Waals surface area contributed by atoms with Crippen LogP contribution in [-0.4, -0.2) is 19.6 Å². The number of benzene rings is 1. The molecule has 0 aliphatic carbocycles. The number of thiophene rings is 1. The maximum absolute atomic E-state index is 5.94. The van der Waals surface area contributed by atoms with Gasteiger partial charge in [0.05, 0.1) is 0 Å². The molecule has 0 amide bonds. The summed E-state index contributed by atoms with van der Waals surface area (Å²) in [6.07, 6.45) is 1.26. The highest BCUT2D eigenvalue weighted by molar-refractivity contribution is 7.09. The van der Waals surface area contributed by atoms with Crippen molar-refractivity contribution in [3.63, 3.8) is 0 Å². The van der Waals surface area contributed by atoms with Crippen LogP contribution in [0.2, 0.25) is 5.02 Å². The fraction of sp³-hybridized carbons (Fsp3) is 0.375. The Morgan fingerprint density at radius 3 is 2.85 bits per heavy atom. The van der Waals surface area contributed by atoms with E-state index >= 15 is 0 Å². The smallest absolute Gasteiger partial charge is 0.0407 e. The number of hydrogen-bond donors (Lipinski definition) is 1. The molecule has 0 radical (unpaired) electrons. The summed E-state index contributed by atoms with van der Waals surface area (Å²) in [5.41, 5.74) is 1.29. The van der Waals surface area contributed by atoms with Crippen molar-refractivity contribution in [2.24, 2.45) is 5.92 Å². The van der Waals surface area contributed by atoms with E-state index in [2.05, 4.69) is 39.9 Å². The number of nitrogens with one attached hydrogen (secondary N) is 1. The van der Waals surface area contributed by atoms with Crippen LogP contribution in [0.4, 0.5) is 5.69 Å². The van der Waals surface area contributed by atoms with E-state index in [4.69, 9.17) is 11.6 Å². The lowest BCUT2D eigenvalue weighted by molar-refractivity contribution is 0.518. The van der Waals surface area contributed by atoms with Crippen molar-refractivity contribution < 1.29 is 0 Å². The number of halogens is 1. The van der Waals surface area contributed by atoms with E-state index in [1.807, 2.05) is 23.5 Å². The zero-order chi connectivity index (χ0) is 13.8. The van der Waals surface area contributed by atoms with Crippen molar-refractivity contribution in [3.05, 3.63) is 51.7 Å². The summed E-state index contributed by atoms with van der Waals surface area (Å²) in [4.78, 5) is 3.87. The Labute approximate surface area is 129 Å². The van der Waals surface area contributed by atoms with E-state index < -0.39 is 0 Å². The average molecular weight is 307 g/mol. The molecule has 4 heteroatoms. The van der Waals surface area contributed by atoms with Gasteiger partial charge in [0.1, 0.15) is 0 Å². The molecular weight excluding hydrogens is 288 g/mol. The predicted molar refractivity (Wildman–Crippen MR) is 87.8 cm³/mol. The highest BCUT2D eigenvalue weighted by Gasteiger charge is 2.22. The second kappa shape index (κ2) is 6.61. The molecule has 1 N–H and O–H groups in total. The van der Waals surface area contributed by atoms with Crippen LogP contribution in [0.1, 0.15) is 11.3 Å². The number of hydrogen-bond acceptors (Lipinski definition) is 3. The molecule has 1 unspecified atom stereocenters. The van der Waals surface area contributed by atoms with Gasteiger partial charge in [-0.1, -0.05) is 17.7 Å². The fourth-order valence-electron chi connectivity index (χ4n) is 2.70. The first-order valence-electron chi connectivity index (χ1n) is 7.05. The van der Waals surface area contributed by atoms with Crippen molar-refractivity contribution in [3.8, 4) is 0 Å². The van der Waals surface area contributed by atoms with E-state index in [9.17, 15) is 0 Å². The van der Waals surface area contributed by atoms with Crippen LogP contribution < -0.4 is 10.2 Å². The zero-order valence-corrected chi connectivity index (χ0v) is 13.0. The molecule has 106 valence electrons. The monoisotopic (exact) mass is 306 g/mol. The molecule has 2 heterocycles. The fourth-order valence-corrected chi connectivity index (χ4v) is 3.50. The second-order valence-electron chi connectivity index (χ2n) is 5.29. The highest BCUT2D eigenvalue weighted by Crippen LogP contribution is 2.24. The summed E-state index contributed by atoms with van der Waals surface area (Å²) in [7, 11) is 0. The molecule has 3 rings (SSSR count). The summed E-state index contributed by atoms with van der Waals surface area (Å²) in [6, 6.07) is 12.5. The lowest BCUT2D eigenvalue weighted by atomic mass is 10.1. The molecule has 2 aromatic rings. The Balaban J connectivity index is 1.46. The molecule has 0 bridgehead atoms. The molecule has 1 aromatic heterocycles. The molecule has 1 atom stereocenters. The Morgan fingerprint density at radius 2 is 2.10 bits per heavy atom. The Kier molecular flexibility index (Phi) is 4.61. The number of nitrogens with zero attached hydrogens (tertiary/aromatic N) is 1. The Bertz CT molecular complexity index is 524. The van der Waals surface area contributed by atoms with Crippen molar-refractivity contribution >= 4 is 28.6 Å². The van der Waals surface area contributed by atoms with Gasteiger partial charge < -0.3 is 10.2 Å². The van der Waals surface area contributed by atoms with Gasteiger partial charge in [-0.15, -0.1) is 11.3 Å². The molecule has 1 fully saturated rings. The molecule has 1 aliphatic heterocycles. The van der Waals surface area contributed by atoms with Crippen molar-refractivity contribution in [1.29, 1.82) is 0 Å². The lowest BCUT2D eigenvalue weighted by Gasteiger charge is -2.19. The van der Waals surface area contributed by atoms with Crippen LogP contribution in [0.3, 0.4) is 0 Å². The van der Waals surface area contributed by atoms with Crippen molar-refractivity contribution in [2.45, 2.75) is 13.0 Å². The van der Waals surface area contributed by atoms with Crippen LogP contribution in [-0.2, 0) is 6.54 Å². The number of anilines is 1. The quantitative estimate of drug-likeness (QED) is 0.897. The first-order chi connectivity index (χ1) is 9.81. The van der Waals surface area contributed by atoms with Gasteiger partial charge in [0, 0.05) is 41.8 Å². The molecule has 20 heavy (non-hydrogen) atoms. The van der Waals surface area contributed by atoms with Gasteiger partial charge in [0.2, 0.25) is 0 Å². The van der Waals surface area contributed by atoms with Gasteiger partial charge in [-0.05, 0) is 48.1 Å². The van der Waals surface area contributed by atoms with Crippen LogP contribution in [0.25, 0.3) is 0 Å². The van der Waals surface area contributed by atoms with Crippen molar-refractivity contribution in [1.82, 2.24) is 5.32 Å². The van der Waals surface area contributed by atoms with Crippen molar-refractivity contribution in [2.75, 3.05) is 24.5 Å². The molecule has 2 nitrogen and oxygen atoms in total. The van der Waals surface area contributed by atoms with Gasteiger partial charge in [0.15, 0.2) is 0 Å². The minimum atomic E-state index is 0.741. The summed E-state index contributed by atoms with van der Waals surface area (Å²) in [5.74, 6) is 0.741. The minimum absolute atomic E-state index is 0.741. The first-order valence-corrected chi connectivity index (χ1v) is 8.30. The van der Waals surface area contributed by atoms with Crippen LogP contribution in [0, 0.1) is 5.92 Å². The van der Waals surface area contributed by atoms with Gasteiger partial charge in [-0.3, -0.25) is 0 Å². The van der Waals surface area contributed by atoms with Crippen LogP contribution >= 0.6 is 22.9 Å². The molecule has 0 saturated carbocycles.